The lowest BCUT2D eigenvalue weighted by atomic mass is 9.96. The third-order valence-electron chi connectivity index (χ3n) is 5.15. The number of aryl methyl sites for hydroxylation is 1. The van der Waals surface area contributed by atoms with Crippen molar-refractivity contribution in [2.45, 2.75) is 45.6 Å². The molecule has 2 heterocycles. The van der Waals surface area contributed by atoms with E-state index in [4.69, 9.17) is 4.74 Å². The van der Waals surface area contributed by atoms with Crippen LogP contribution in [0.2, 0.25) is 0 Å². The Labute approximate surface area is 180 Å². The number of hydrogen-bond acceptors (Lipinski definition) is 3. The lowest BCUT2D eigenvalue weighted by Gasteiger charge is -2.26. The number of halogens is 1. The van der Waals surface area contributed by atoms with Crippen molar-refractivity contribution in [2.75, 3.05) is 40.4 Å². The molecule has 154 valence electrons. The van der Waals surface area contributed by atoms with E-state index in [-0.39, 0.29) is 29.5 Å². The van der Waals surface area contributed by atoms with Gasteiger partial charge >= 0.3 is 0 Å². The van der Waals surface area contributed by atoms with Gasteiger partial charge in [-0.1, -0.05) is 6.07 Å². The van der Waals surface area contributed by atoms with Gasteiger partial charge in [-0.3, -0.25) is 9.79 Å². The summed E-state index contributed by atoms with van der Waals surface area (Å²) in [6.07, 6.45) is 5.53. The summed E-state index contributed by atoms with van der Waals surface area (Å²) >= 11 is 0. The summed E-state index contributed by atoms with van der Waals surface area (Å²) in [6, 6.07) is 5.42. The van der Waals surface area contributed by atoms with Crippen molar-refractivity contribution >= 4 is 29.9 Å². The van der Waals surface area contributed by atoms with E-state index in [2.05, 4.69) is 22.3 Å². The van der Waals surface area contributed by atoms with Gasteiger partial charge in [-0.15, -0.1) is 24.0 Å². The molecule has 0 aliphatic carbocycles. The first-order valence-corrected chi connectivity index (χ1v) is 9.78. The summed E-state index contributed by atoms with van der Waals surface area (Å²) in [6.45, 7) is 6.45. The van der Waals surface area contributed by atoms with Gasteiger partial charge in [0.05, 0.1) is 0 Å². The third kappa shape index (κ3) is 8.21. The average Bonchev–Trinajstić information content (AvgIpc) is 2.65. The van der Waals surface area contributed by atoms with Crippen LogP contribution < -0.4 is 10.9 Å². The molecular weight excluding hydrogens is 455 g/mol. The average molecular weight is 490 g/mol. The summed E-state index contributed by atoms with van der Waals surface area (Å²) in [5.74, 6) is 1.72. The first-order chi connectivity index (χ1) is 12.6. The van der Waals surface area contributed by atoms with Crippen LogP contribution in [0.4, 0.5) is 0 Å². The highest BCUT2D eigenvalue weighted by Gasteiger charge is 2.15. The summed E-state index contributed by atoms with van der Waals surface area (Å²) in [5.41, 5.74) is 1.11. The smallest absolute Gasteiger partial charge is 0.250 e. The van der Waals surface area contributed by atoms with Crippen LogP contribution in [0, 0.1) is 12.8 Å². The van der Waals surface area contributed by atoms with Crippen molar-refractivity contribution in [2.24, 2.45) is 10.9 Å². The second kappa shape index (κ2) is 13.1. The van der Waals surface area contributed by atoms with Gasteiger partial charge in [0.25, 0.3) is 5.56 Å². The molecule has 0 radical (unpaired) electrons. The summed E-state index contributed by atoms with van der Waals surface area (Å²) in [5, 5.41) is 3.44. The molecule has 1 aliphatic heterocycles. The van der Waals surface area contributed by atoms with Gasteiger partial charge in [-0.25, -0.2) is 0 Å². The van der Waals surface area contributed by atoms with Crippen molar-refractivity contribution in [3.05, 3.63) is 34.2 Å². The maximum Gasteiger partial charge on any atom is 0.250 e. The topological polar surface area (TPSA) is 58.9 Å². The van der Waals surface area contributed by atoms with Gasteiger partial charge in [0.2, 0.25) is 0 Å². The minimum atomic E-state index is 0. The number of unbranched alkanes of at least 4 members (excludes halogenated alkanes) is 1. The maximum absolute atomic E-state index is 11.9. The molecule has 6 nitrogen and oxygen atoms in total. The highest BCUT2D eigenvalue weighted by atomic mass is 127. The Morgan fingerprint density at radius 2 is 2.07 bits per heavy atom. The molecular formula is C20H35IN4O2. The van der Waals surface area contributed by atoms with E-state index in [9.17, 15) is 4.79 Å². The quantitative estimate of drug-likeness (QED) is 0.264. The molecule has 0 amide bonds. The minimum absolute atomic E-state index is 0. The monoisotopic (exact) mass is 490 g/mol. The molecule has 2 rings (SSSR count). The number of ether oxygens (including phenoxy) is 1. The fourth-order valence-electron chi connectivity index (χ4n) is 3.41. The van der Waals surface area contributed by atoms with Crippen LogP contribution >= 0.6 is 24.0 Å². The number of rotatable bonds is 8. The van der Waals surface area contributed by atoms with E-state index in [1.807, 2.05) is 30.7 Å². The van der Waals surface area contributed by atoms with Crippen LogP contribution in [0.5, 0.6) is 0 Å². The van der Waals surface area contributed by atoms with Crippen LogP contribution in [-0.4, -0.2) is 55.8 Å². The Balaban J connectivity index is 0.00000364. The molecule has 0 aromatic carbocycles. The Morgan fingerprint density at radius 1 is 1.33 bits per heavy atom. The molecule has 1 N–H and O–H groups in total. The predicted molar refractivity (Wildman–Crippen MR) is 122 cm³/mol. The number of nitrogens with zero attached hydrogens (tertiary/aromatic N) is 3. The second-order valence-corrected chi connectivity index (χ2v) is 7.10. The number of pyridine rings is 1. The number of nitrogens with one attached hydrogen (secondary N) is 1. The SMILES string of the molecule is CN=C(NCCCCn1c(C)cccc1=O)N(C)CCC1CCOCC1.I. The molecule has 0 bridgehead atoms. The molecule has 1 aromatic heterocycles. The largest absolute Gasteiger partial charge is 0.381 e. The van der Waals surface area contributed by atoms with Gasteiger partial charge in [0.1, 0.15) is 0 Å². The molecule has 7 heteroatoms. The van der Waals surface area contributed by atoms with Gasteiger partial charge in [0, 0.05) is 58.7 Å². The number of aromatic nitrogens is 1. The zero-order valence-corrected chi connectivity index (χ0v) is 19.3. The van der Waals surface area contributed by atoms with Gasteiger partial charge in [0.15, 0.2) is 5.96 Å². The van der Waals surface area contributed by atoms with Crippen LogP contribution in [0.15, 0.2) is 28.0 Å². The molecule has 0 saturated carbocycles. The Bertz CT molecular complexity index is 627. The molecule has 0 spiro atoms. The number of guanidine groups is 1. The van der Waals surface area contributed by atoms with Gasteiger partial charge < -0.3 is 19.5 Å². The van der Waals surface area contributed by atoms with Gasteiger partial charge in [-0.2, -0.15) is 0 Å². The van der Waals surface area contributed by atoms with Crippen LogP contribution in [0.3, 0.4) is 0 Å². The summed E-state index contributed by atoms with van der Waals surface area (Å²) < 4.78 is 7.27. The summed E-state index contributed by atoms with van der Waals surface area (Å²) in [4.78, 5) is 18.5. The van der Waals surface area contributed by atoms with Crippen LogP contribution in [0.1, 0.15) is 37.8 Å². The highest BCUT2D eigenvalue weighted by Crippen LogP contribution is 2.18. The first-order valence-electron chi connectivity index (χ1n) is 9.78. The number of hydrogen-bond donors (Lipinski definition) is 1. The van der Waals surface area contributed by atoms with E-state index >= 15 is 0 Å². The van der Waals surface area contributed by atoms with Crippen molar-refractivity contribution in [1.82, 2.24) is 14.8 Å². The fraction of sp³-hybridized carbons (Fsp3) is 0.700. The van der Waals surface area contributed by atoms with Crippen molar-refractivity contribution in [1.29, 1.82) is 0 Å². The molecule has 1 aliphatic rings. The van der Waals surface area contributed by atoms with E-state index in [0.29, 0.717) is 0 Å². The standard InChI is InChI=1S/C20H34N4O2.HI/c1-17-7-6-8-19(25)24(17)13-5-4-12-22-20(21-2)23(3)14-9-18-10-15-26-16-11-18;/h6-8,18H,4-5,9-16H2,1-3H3,(H,21,22);1H. The van der Waals surface area contributed by atoms with E-state index in [1.165, 1.54) is 19.3 Å². The Kier molecular flexibility index (Phi) is 11.7. The second-order valence-electron chi connectivity index (χ2n) is 7.10. The molecule has 27 heavy (non-hydrogen) atoms. The zero-order valence-electron chi connectivity index (χ0n) is 16.9. The molecule has 0 atom stereocenters. The normalized spacial score (nSPS) is 15.3. The lowest BCUT2D eigenvalue weighted by Crippen LogP contribution is -2.40. The van der Waals surface area contributed by atoms with E-state index in [0.717, 1.165) is 63.3 Å². The van der Waals surface area contributed by atoms with Gasteiger partial charge in [-0.05, 0) is 51.0 Å². The van der Waals surface area contributed by atoms with E-state index < -0.39 is 0 Å². The van der Waals surface area contributed by atoms with Crippen molar-refractivity contribution in [3.8, 4) is 0 Å². The fourth-order valence-corrected chi connectivity index (χ4v) is 3.41. The maximum atomic E-state index is 11.9. The highest BCUT2D eigenvalue weighted by molar-refractivity contribution is 14.0. The summed E-state index contributed by atoms with van der Waals surface area (Å²) in [7, 11) is 3.93. The molecule has 0 unspecified atom stereocenters. The van der Waals surface area contributed by atoms with E-state index in [1.54, 1.807) is 6.07 Å². The Hall–Kier alpha value is -1.09. The lowest BCUT2D eigenvalue weighted by molar-refractivity contribution is 0.0625. The van der Waals surface area contributed by atoms with Crippen molar-refractivity contribution in [3.63, 3.8) is 0 Å². The molecule has 1 aromatic rings. The van der Waals surface area contributed by atoms with Crippen LogP contribution in [-0.2, 0) is 11.3 Å². The van der Waals surface area contributed by atoms with Crippen LogP contribution in [0.25, 0.3) is 0 Å². The Morgan fingerprint density at radius 3 is 2.74 bits per heavy atom. The number of aliphatic imine (C=N–C) groups is 1. The first kappa shape index (κ1) is 23.9. The molecule has 1 fully saturated rings. The zero-order chi connectivity index (χ0) is 18.8. The van der Waals surface area contributed by atoms with Crippen molar-refractivity contribution < 1.29 is 4.74 Å². The molecule has 1 saturated heterocycles. The minimum Gasteiger partial charge on any atom is -0.381 e. The predicted octanol–water partition coefficient (Wildman–Crippen LogP) is 2.88. The third-order valence-corrected chi connectivity index (χ3v) is 5.15.